The third-order valence-corrected chi connectivity index (χ3v) is 6.21. The fraction of sp³-hybridized carbons (Fsp3) is 0.154. The van der Waals surface area contributed by atoms with Gasteiger partial charge in [-0.3, -0.25) is 4.79 Å². The van der Waals surface area contributed by atoms with Crippen molar-refractivity contribution in [2.75, 3.05) is 5.75 Å². The summed E-state index contributed by atoms with van der Waals surface area (Å²) >= 11 is 4.76. The Morgan fingerprint density at radius 2 is 1.79 bits per heavy atom. The number of nitrogens with zero attached hydrogens (tertiary/aromatic N) is 3. The van der Waals surface area contributed by atoms with Crippen molar-refractivity contribution >= 4 is 50.6 Å². The number of carbonyl (C=O) groups is 1. The van der Waals surface area contributed by atoms with Crippen LogP contribution in [0.3, 0.4) is 0 Å². The molecule has 8 heteroatoms. The van der Waals surface area contributed by atoms with Crippen molar-refractivity contribution < 1.29 is 9.53 Å². The van der Waals surface area contributed by atoms with Gasteiger partial charge in [0.15, 0.2) is 5.16 Å². The quantitative estimate of drug-likeness (QED) is 0.133. The number of nitrogens with one attached hydrogen (secondary N) is 1. The number of ether oxygens (including phenoxy) is 1. The predicted octanol–water partition coefficient (Wildman–Crippen LogP) is 5.83. The molecule has 172 valence electrons. The van der Waals surface area contributed by atoms with Gasteiger partial charge in [0.05, 0.1) is 12.0 Å². The summed E-state index contributed by atoms with van der Waals surface area (Å²) in [5.74, 6) is 0.606. The van der Waals surface area contributed by atoms with Crippen LogP contribution in [0.1, 0.15) is 22.5 Å². The Hall–Kier alpha value is -3.23. The van der Waals surface area contributed by atoms with Gasteiger partial charge in [-0.1, -0.05) is 64.1 Å². The summed E-state index contributed by atoms with van der Waals surface area (Å²) in [6, 6.07) is 22.1. The zero-order valence-electron chi connectivity index (χ0n) is 18.8. The van der Waals surface area contributed by atoms with Crippen LogP contribution in [0.15, 0.2) is 81.5 Å². The molecule has 1 N–H and O–H groups in total. The largest absolute Gasteiger partial charge is 0.488 e. The number of hydrogen-bond donors (Lipinski definition) is 1. The summed E-state index contributed by atoms with van der Waals surface area (Å²) in [7, 11) is 0. The molecule has 6 nitrogen and oxygen atoms in total. The van der Waals surface area contributed by atoms with Crippen molar-refractivity contribution in [2.45, 2.75) is 25.6 Å². The standard InChI is InChI=1S/C26H23BrN4O2S/c1-17-11-18(2)30-26(29-17)34-16-25(32)31-28-14-22-13-23(27)9-10-24(22)33-15-19-7-8-20-5-3-4-6-21(20)12-19/h3-14H,15-16H2,1-2H3,(H,31,32)/b28-14-. The maximum atomic E-state index is 12.2. The van der Waals surface area contributed by atoms with Crippen LogP contribution in [-0.4, -0.2) is 27.8 Å². The Bertz CT molecular complexity index is 1340. The zero-order valence-corrected chi connectivity index (χ0v) is 21.2. The van der Waals surface area contributed by atoms with E-state index in [4.69, 9.17) is 4.74 Å². The van der Waals surface area contributed by atoms with Crippen LogP contribution in [0.2, 0.25) is 0 Å². The molecule has 0 aliphatic heterocycles. The number of benzene rings is 3. The Morgan fingerprint density at radius 1 is 1.03 bits per heavy atom. The highest BCUT2D eigenvalue weighted by Gasteiger charge is 2.07. The molecule has 0 unspecified atom stereocenters. The lowest BCUT2D eigenvalue weighted by atomic mass is 10.1. The summed E-state index contributed by atoms with van der Waals surface area (Å²) in [5, 5.41) is 7.05. The van der Waals surface area contributed by atoms with Gasteiger partial charge < -0.3 is 4.74 Å². The zero-order chi connectivity index (χ0) is 23.9. The number of thioether (sulfide) groups is 1. The van der Waals surface area contributed by atoms with E-state index in [0.717, 1.165) is 27.0 Å². The van der Waals surface area contributed by atoms with Crippen LogP contribution >= 0.6 is 27.7 Å². The molecule has 1 amide bonds. The average molecular weight is 535 g/mol. The second-order valence-electron chi connectivity index (χ2n) is 7.67. The smallest absolute Gasteiger partial charge is 0.250 e. The highest BCUT2D eigenvalue weighted by atomic mass is 79.9. The second-order valence-corrected chi connectivity index (χ2v) is 9.53. The second kappa shape index (κ2) is 11.3. The van der Waals surface area contributed by atoms with Crippen molar-refractivity contribution in [3.8, 4) is 5.75 Å². The molecule has 3 aromatic carbocycles. The lowest BCUT2D eigenvalue weighted by Gasteiger charge is -2.10. The van der Waals surface area contributed by atoms with Gasteiger partial charge in [0.25, 0.3) is 5.91 Å². The Morgan fingerprint density at radius 3 is 2.59 bits per heavy atom. The van der Waals surface area contributed by atoms with Crippen molar-refractivity contribution in [3.63, 3.8) is 0 Å². The maximum absolute atomic E-state index is 12.2. The van der Waals surface area contributed by atoms with Crippen LogP contribution in [0.25, 0.3) is 10.8 Å². The Balaban J connectivity index is 1.36. The highest BCUT2D eigenvalue weighted by molar-refractivity contribution is 9.10. The monoisotopic (exact) mass is 534 g/mol. The molecule has 0 aliphatic rings. The number of hydrogen-bond acceptors (Lipinski definition) is 6. The molecule has 0 bridgehead atoms. The van der Waals surface area contributed by atoms with E-state index in [-0.39, 0.29) is 11.7 Å². The summed E-state index contributed by atoms with van der Waals surface area (Å²) in [6.45, 7) is 4.23. The lowest BCUT2D eigenvalue weighted by molar-refractivity contribution is -0.118. The lowest BCUT2D eigenvalue weighted by Crippen LogP contribution is -2.20. The van der Waals surface area contributed by atoms with Crippen LogP contribution < -0.4 is 10.2 Å². The van der Waals surface area contributed by atoms with E-state index in [2.05, 4.69) is 66.8 Å². The van der Waals surface area contributed by atoms with Gasteiger partial charge in [-0.15, -0.1) is 0 Å². The van der Waals surface area contributed by atoms with Gasteiger partial charge in [0, 0.05) is 21.4 Å². The van der Waals surface area contributed by atoms with E-state index in [1.54, 1.807) is 6.21 Å². The molecule has 0 saturated heterocycles. The first-order valence-corrected chi connectivity index (χ1v) is 12.4. The molecule has 1 aromatic heterocycles. The third kappa shape index (κ3) is 6.65. The molecule has 34 heavy (non-hydrogen) atoms. The third-order valence-electron chi connectivity index (χ3n) is 4.87. The fourth-order valence-corrected chi connectivity index (χ4v) is 4.46. The molecule has 0 spiro atoms. The number of hydrazone groups is 1. The van der Waals surface area contributed by atoms with Crippen LogP contribution in [0.5, 0.6) is 5.75 Å². The number of carbonyl (C=O) groups excluding carboxylic acids is 1. The van der Waals surface area contributed by atoms with E-state index >= 15 is 0 Å². The first-order valence-electron chi connectivity index (χ1n) is 10.6. The normalized spacial score (nSPS) is 11.1. The van der Waals surface area contributed by atoms with Gasteiger partial charge in [0.1, 0.15) is 12.4 Å². The Labute approximate surface area is 211 Å². The number of fused-ring (bicyclic) bond motifs is 1. The molecular formula is C26H23BrN4O2S. The topological polar surface area (TPSA) is 76.5 Å². The molecule has 0 atom stereocenters. The number of amides is 1. The molecule has 0 radical (unpaired) electrons. The van der Waals surface area contributed by atoms with E-state index in [1.165, 1.54) is 22.5 Å². The minimum atomic E-state index is -0.238. The van der Waals surface area contributed by atoms with Gasteiger partial charge in [-0.05, 0) is 60.5 Å². The molecule has 4 rings (SSSR count). The van der Waals surface area contributed by atoms with E-state index < -0.39 is 0 Å². The number of aryl methyl sites for hydroxylation is 2. The van der Waals surface area contributed by atoms with Crippen molar-refractivity contribution in [1.29, 1.82) is 0 Å². The number of halogens is 1. The summed E-state index contributed by atoms with van der Waals surface area (Å²) in [6.07, 6.45) is 1.58. The predicted molar refractivity (Wildman–Crippen MR) is 140 cm³/mol. The fourth-order valence-electron chi connectivity index (χ4n) is 3.34. The van der Waals surface area contributed by atoms with E-state index in [9.17, 15) is 4.79 Å². The SMILES string of the molecule is Cc1cc(C)nc(SCC(=O)N/N=C\c2cc(Br)ccc2OCc2ccc3ccccc3c2)n1. The van der Waals surface area contributed by atoms with Crippen molar-refractivity contribution in [1.82, 2.24) is 15.4 Å². The van der Waals surface area contributed by atoms with E-state index in [0.29, 0.717) is 17.5 Å². The van der Waals surface area contributed by atoms with Crippen molar-refractivity contribution in [2.24, 2.45) is 5.10 Å². The van der Waals surface area contributed by atoms with Gasteiger partial charge in [0.2, 0.25) is 0 Å². The summed E-state index contributed by atoms with van der Waals surface area (Å²) in [5.41, 5.74) is 6.13. The number of aromatic nitrogens is 2. The molecular weight excluding hydrogens is 512 g/mol. The minimum absolute atomic E-state index is 0.171. The van der Waals surface area contributed by atoms with Gasteiger partial charge in [-0.2, -0.15) is 5.10 Å². The minimum Gasteiger partial charge on any atom is -0.488 e. The van der Waals surface area contributed by atoms with Crippen LogP contribution in [0.4, 0.5) is 0 Å². The maximum Gasteiger partial charge on any atom is 0.250 e. The Kier molecular flexibility index (Phi) is 7.92. The summed E-state index contributed by atoms with van der Waals surface area (Å²) in [4.78, 5) is 20.9. The van der Waals surface area contributed by atoms with E-state index in [1.807, 2.05) is 50.2 Å². The molecule has 0 fully saturated rings. The van der Waals surface area contributed by atoms with Crippen LogP contribution in [-0.2, 0) is 11.4 Å². The van der Waals surface area contributed by atoms with Gasteiger partial charge >= 0.3 is 0 Å². The molecule has 4 aromatic rings. The van der Waals surface area contributed by atoms with Gasteiger partial charge in [-0.25, -0.2) is 15.4 Å². The number of rotatable bonds is 8. The average Bonchev–Trinajstić information content (AvgIpc) is 2.81. The van der Waals surface area contributed by atoms with Crippen molar-refractivity contribution in [3.05, 3.63) is 93.7 Å². The molecule has 1 heterocycles. The summed E-state index contributed by atoms with van der Waals surface area (Å²) < 4.78 is 6.96. The first-order chi connectivity index (χ1) is 16.5. The molecule has 0 aliphatic carbocycles. The van der Waals surface area contributed by atoms with Crippen LogP contribution in [0, 0.1) is 13.8 Å². The molecule has 0 saturated carbocycles. The highest BCUT2D eigenvalue weighted by Crippen LogP contribution is 2.24. The first kappa shape index (κ1) is 23.9.